The van der Waals surface area contributed by atoms with Crippen LogP contribution in [0.2, 0.25) is 0 Å². The molecule has 1 unspecified atom stereocenters. The van der Waals surface area contributed by atoms with Crippen molar-refractivity contribution < 1.29 is 18.7 Å². The quantitative estimate of drug-likeness (QED) is 0.826. The minimum Gasteiger partial charge on any atom is -0.481 e. The predicted molar refractivity (Wildman–Crippen MR) is 106 cm³/mol. The van der Waals surface area contributed by atoms with Crippen molar-refractivity contribution in [2.24, 2.45) is 0 Å². The minimum absolute atomic E-state index is 0.0191. The molecule has 0 spiro atoms. The van der Waals surface area contributed by atoms with Crippen LogP contribution in [0.4, 0.5) is 0 Å². The number of rotatable bonds is 6. The molecule has 6 nitrogen and oxygen atoms in total. The molecule has 150 valence electrons. The van der Waals surface area contributed by atoms with Crippen LogP contribution in [-0.4, -0.2) is 41.9 Å². The molecule has 2 amide bonds. The maximum Gasteiger partial charge on any atom is 0.287 e. The number of benzene rings is 1. The van der Waals surface area contributed by atoms with Crippen molar-refractivity contribution in [1.82, 2.24) is 10.2 Å². The maximum absolute atomic E-state index is 12.8. The zero-order chi connectivity index (χ0) is 20.1. The second-order valence-corrected chi connectivity index (χ2v) is 7.50. The molecule has 1 aromatic heterocycles. The van der Waals surface area contributed by atoms with E-state index in [1.165, 1.54) is 6.26 Å². The summed E-state index contributed by atoms with van der Waals surface area (Å²) in [6.45, 7) is 7.21. The van der Waals surface area contributed by atoms with Crippen LogP contribution in [0.1, 0.15) is 55.6 Å². The average Bonchev–Trinajstić information content (AvgIpc) is 3.23. The Kier molecular flexibility index (Phi) is 6.39. The molecule has 0 aliphatic carbocycles. The number of carbonyl (C=O) groups is 2. The molecule has 0 saturated carbocycles. The van der Waals surface area contributed by atoms with E-state index < -0.39 is 6.10 Å². The zero-order valence-electron chi connectivity index (χ0n) is 16.7. The lowest BCUT2D eigenvalue weighted by Gasteiger charge is -2.34. The molecular formula is C22H28N2O4. The number of likely N-dealkylation sites (tertiary alicyclic amines) is 1. The second-order valence-electron chi connectivity index (χ2n) is 7.50. The van der Waals surface area contributed by atoms with E-state index in [0.29, 0.717) is 37.6 Å². The van der Waals surface area contributed by atoms with Gasteiger partial charge < -0.3 is 19.4 Å². The number of nitrogens with one attached hydrogen (secondary N) is 1. The number of piperidine rings is 1. The van der Waals surface area contributed by atoms with Gasteiger partial charge in [-0.25, -0.2) is 0 Å². The summed E-state index contributed by atoms with van der Waals surface area (Å²) in [6, 6.07) is 11.2. The Hall–Kier alpha value is -2.76. The highest BCUT2D eigenvalue weighted by Crippen LogP contribution is 2.27. The molecule has 3 rings (SSSR count). The summed E-state index contributed by atoms with van der Waals surface area (Å²) in [5, 5.41) is 2.97. The first kappa shape index (κ1) is 20.0. The van der Waals surface area contributed by atoms with Gasteiger partial charge in [-0.05, 0) is 49.4 Å². The molecule has 1 saturated heterocycles. The highest BCUT2D eigenvalue weighted by Gasteiger charge is 2.28. The molecule has 28 heavy (non-hydrogen) atoms. The third kappa shape index (κ3) is 4.74. The first-order chi connectivity index (χ1) is 13.5. The van der Waals surface area contributed by atoms with Crippen molar-refractivity contribution >= 4 is 11.8 Å². The Labute approximate surface area is 165 Å². The number of hydrogen-bond donors (Lipinski definition) is 1. The summed E-state index contributed by atoms with van der Waals surface area (Å²) < 4.78 is 11.1. The third-order valence-corrected chi connectivity index (χ3v) is 5.08. The van der Waals surface area contributed by atoms with Gasteiger partial charge in [0.1, 0.15) is 5.75 Å². The van der Waals surface area contributed by atoms with E-state index in [-0.39, 0.29) is 17.9 Å². The van der Waals surface area contributed by atoms with Crippen LogP contribution in [0.5, 0.6) is 5.75 Å². The van der Waals surface area contributed by atoms with Crippen molar-refractivity contribution in [3.63, 3.8) is 0 Å². The summed E-state index contributed by atoms with van der Waals surface area (Å²) in [5.74, 6) is 1.17. The van der Waals surface area contributed by atoms with Crippen molar-refractivity contribution in [3.05, 3.63) is 54.0 Å². The molecule has 2 aromatic rings. The molecule has 1 N–H and O–H groups in total. The van der Waals surface area contributed by atoms with Gasteiger partial charge in [-0.2, -0.15) is 0 Å². The number of hydrogen-bond acceptors (Lipinski definition) is 4. The zero-order valence-corrected chi connectivity index (χ0v) is 16.7. The van der Waals surface area contributed by atoms with Gasteiger partial charge >= 0.3 is 0 Å². The largest absolute Gasteiger partial charge is 0.481 e. The van der Waals surface area contributed by atoms with Crippen molar-refractivity contribution in [2.75, 3.05) is 13.1 Å². The highest BCUT2D eigenvalue weighted by atomic mass is 16.5. The van der Waals surface area contributed by atoms with Gasteiger partial charge in [-0.3, -0.25) is 9.59 Å². The first-order valence-corrected chi connectivity index (χ1v) is 9.84. The van der Waals surface area contributed by atoms with Gasteiger partial charge in [0.2, 0.25) is 0 Å². The fourth-order valence-corrected chi connectivity index (χ4v) is 3.47. The molecule has 1 aliphatic rings. The van der Waals surface area contributed by atoms with Crippen LogP contribution in [-0.2, 0) is 4.79 Å². The van der Waals surface area contributed by atoms with Crippen LogP contribution >= 0.6 is 0 Å². The summed E-state index contributed by atoms with van der Waals surface area (Å²) in [4.78, 5) is 26.7. The van der Waals surface area contributed by atoms with Crippen LogP contribution in [0.3, 0.4) is 0 Å². The molecule has 1 aliphatic heterocycles. The minimum atomic E-state index is -0.547. The predicted octanol–water partition coefficient (Wildman–Crippen LogP) is 3.59. The summed E-state index contributed by atoms with van der Waals surface area (Å²) in [6.07, 6.45) is 2.37. The van der Waals surface area contributed by atoms with Crippen LogP contribution in [0.15, 0.2) is 47.1 Å². The second kappa shape index (κ2) is 8.95. The highest BCUT2D eigenvalue weighted by molar-refractivity contribution is 5.91. The lowest BCUT2D eigenvalue weighted by molar-refractivity contribution is -0.139. The molecule has 6 heteroatoms. The number of amides is 2. The van der Waals surface area contributed by atoms with Crippen molar-refractivity contribution in [3.8, 4) is 5.75 Å². The molecule has 1 atom stereocenters. The van der Waals surface area contributed by atoms with Gasteiger partial charge in [0, 0.05) is 19.1 Å². The van der Waals surface area contributed by atoms with Gasteiger partial charge in [0.15, 0.2) is 11.9 Å². The van der Waals surface area contributed by atoms with E-state index in [2.05, 4.69) is 19.2 Å². The van der Waals surface area contributed by atoms with Gasteiger partial charge in [0.05, 0.1) is 6.26 Å². The fraction of sp³-hybridized carbons (Fsp3) is 0.455. The molecule has 1 aromatic carbocycles. The molecule has 0 bridgehead atoms. The lowest BCUT2D eigenvalue weighted by atomic mass is 10.0. The number of para-hydroxylation sites is 1. The number of ether oxygens (including phenoxy) is 1. The summed E-state index contributed by atoms with van der Waals surface area (Å²) >= 11 is 0. The Morgan fingerprint density at radius 1 is 1.11 bits per heavy atom. The van der Waals surface area contributed by atoms with Gasteiger partial charge in [-0.15, -0.1) is 0 Å². The number of furan rings is 1. The van der Waals surface area contributed by atoms with Crippen LogP contribution in [0.25, 0.3) is 0 Å². The Morgan fingerprint density at radius 2 is 1.82 bits per heavy atom. The third-order valence-electron chi connectivity index (χ3n) is 5.08. The number of nitrogens with zero attached hydrogens (tertiary/aromatic N) is 1. The Morgan fingerprint density at radius 3 is 2.46 bits per heavy atom. The van der Waals surface area contributed by atoms with Gasteiger partial charge in [-0.1, -0.05) is 32.0 Å². The van der Waals surface area contributed by atoms with Gasteiger partial charge in [0.25, 0.3) is 11.8 Å². The Balaban J connectivity index is 1.51. The number of carbonyl (C=O) groups excluding carboxylic acids is 2. The maximum atomic E-state index is 12.8. The topological polar surface area (TPSA) is 71.8 Å². The fourth-order valence-electron chi connectivity index (χ4n) is 3.47. The van der Waals surface area contributed by atoms with E-state index >= 15 is 0 Å². The van der Waals surface area contributed by atoms with E-state index in [1.807, 2.05) is 29.2 Å². The average molecular weight is 384 g/mol. The SMILES string of the molecule is CC(Oc1ccccc1C(C)C)C(=O)N1CCC(NC(=O)c2ccco2)CC1. The standard InChI is InChI=1S/C22H28N2O4/c1-15(2)18-7-4-5-8-19(18)28-16(3)22(26)24-12-10-17(11-13-24)23-21(25)20-9-6-14-27-20/h4-9,14-17H,10-13H2,1-3H3,(H,23,25). The Bertz CT molecular complexity index is 793. The lowest BCUT2D eigenvalue weighted by Crippen LogP contribution is -2.49. The smallest absolute Gasteiger partial charge is 0.287 e. The molecule has 1 fully saturated rings. The first-order valence-electron chi connectivity index (χ1n) is 9.84. The van der Waals surface area contributed by atoms with Crippen molar-refractivity contribution in [2.45, 2.75) is 51.7 Å². The van der Waals surface area contributed by atoms with E-state index in [4.69, 9.17) is 9.15 Å². The van der Waals surface area contributed by atoms with Crippen LogP contribution in [0, 0.1) is 0 Å². The van der Waals surface area contributed by atoms with E-state index in [9.17, 15) is 9.59 Å². The van der Waals surface area contributed by atoms with E-state index in [1.54, 1.807) is 19.1 Å². The molecule has 2 heterocycles. The molecular weight excluding hydrogens is 356 g/mol. The summed E-state index contributed by atoms with van der Waals surface area (Å²) in [5.41, 5.74) is 1.10. The molecule has 0 radical (unpaired) electrons. The van der Waals surface area contributed by atoms with Crippen molar-refractivity contribution in [1.29, 1.82) is 0 Å². The summed E-state index contributed by atoms with van der Waals surface area (Å²) in [7, 11) is 0. The normalized spacial score (nSPS) is 16.1. The van der Waals surface area contributed by atoms with E-state index in [0.717, 1.165) is 11.3 Å². The monoisotopic (exact) mass is 384 g/mol. The van der Waals surface area contributed by atoms with Crippen LogP contribution < -0.4 is 10.1 Å².